The number of hydrogen-bond acceptors (Lipinski definition) is 6. The summed E-state index contributed by atoms with van der Waals surface area (Å²) in [5, 5.41) is 2.87. The minimum atomic E-state index is -2.89. The molecule has 0 saturated carbocycles. The summed E-state index contributed by atoms with van der Waals surface area (Å²) >= 11 is 0. The van der Waals surface area contributed by atoms with Crippen LogP contribution in [0.4, 0.5) is 0 Å². The van der Waals surface area contributed by atoms with Crippen molar-refractivity contribution in [3.05, 3.63) is 23.8 Å². The molecule has 1 aromatic carbocycles. The molecule has 7 nitrogen and oxygen atoms in total. The van der Waals surface area contributed by atoms with Gasteiger partial charge >= 0.3 is 0 Å². The highest BCUT2D eigenvalue weighted by Gasteiger charge is 2.30. The molecule has 0 radical (unpaired) electrons. The molecule has 0 spiro atoms. The molecule has 0 aromatic heterocycles. The van der Waals surface area contributed by atoms with Crippen LogP contribution in [0.5, 0.6) is 11.5 Å². The van der Waals surface area contributed by atoms with Crippen LogP contribution in [0, 0.1) is 0 Å². The van der Waals surface area contributed by atoms with E-state index in [0.29, 0.717) is 31.7 Å². The third-order valence-corrected chi connectivity index (χ3v) is 6.20. The topological polar surface area (TPSA) is 84.9 Å². The summed E-state index contributed by atoms with van der Waals surface area (Å²) in [7, 11) is -1.02. The van der Waals surface area contributed by atoms with Gasteiger partial charge in [0, 0.05) is 25.6 Å². The van der Waals surface area contributed by atoms with Crippen LogP contribution < -0.4 is 14.8 Å². The highest BCUT2D eigenvalue weighted by molar-refractivity contribution is 7.91. The molecular weight excluding hydrogens is 332 g/mol. The number of benzene rings is 1. The number of nitrogens with zero attached hydrogens (tertiary/aromatic N) is 1. The lowest BCUT2D eigenvalue weighted by molar-refractivity contribution is -0.121. The maximum atomic E-state index is 12.0. The van der Waals surface area contributed by atoms with Crippen molar-refractivity contribution in [3.8, 4) is 11.5 Å². The molecule has 1 N–H and O–H groups in total. The summed E-state index contributed by atoms with van der Waals surface area (Å²) < 4.78 is 33.6. The maximum absolute atomic E-state index is 12.0. The van der Waals surface area contributed by atoms with Crippen LogP contribution in [-0.2, 0) is 21.2 Å². The van der Waals surface area contributed by atoms with Crippen molar-refractivity contribution in [2.45, 2.75) is 25.4 Å². The number of hydrogen-bond donors (Lipinski definition) is 1. The summed E-state index contributed by atoms with van der Waals surface area (Å²) in [6.07, 6.45) is 0.995. The molecule has 132 valence electrons. The zero-order valence-electron chi connectivity index (χ0n) is 13.7. The first-order chi connectivity index (χ1) is 11.4. The van der Waals surface area contributed by atoms with Gasteiger partial charge in [-0.15, -0.1) is 0 Å². The quantitative estimate of drug-likeness (QED) is 0.803. The second-order valence-corrected chi connectivity index (χ2v) is 8.48. The van der Waals surface area contributed by atoms with E-state index < -0.39 is 9.84 Å². The summed E-state index contributed by atoms with van der Waals surface area (Å²) in [6.45, 7) is 1.21. The molecule has 2 heterocycles. The van der Waals surface area contributed by atoms with Crippen LogP contribution in [0.15, 0.2) is 18.2 Å². The average Bonchev–Trinajstić information content (AvgIpc) is 3.15. The average molecular weight is 354 g/mol. The molecule has 2 aliphatic heterocycles. The molecule has 24 heavy (non-hydrogen) atoms. The molecular formula is C16H22N2O5S. The van der Waals surface area contributed by atoms with Gasteiger partial charge in [0.2, 0.25) is 12.7 Å². The second kappa shape index (κ2) is 6.98. The van der Waals surface area contributed by atoms with Gasteiger partial charge < -0.3 is 19.7 Å². The monoisotopic (exact) mass is 354 g/mol. The fourth-order valence-electron chi connectivity index (χ4n) is 2.92. The van der Waals surface area contributed by atoms with E-state index in [1.807, 2.05) is 30.1 Å². The summed E-state index contributed by atoms with van der Waals surface area (Å²) in [6, 6.07) is 5.61. The predicted molar refractivity (Wildman–Crippen MR) is 88.7 cm³/mol. The van der Waals surface area contributed by atoms with Gasteiger partial charge in [0.1, 0.15) is 0 Å². The van der Waals surface area contributed by atoms with Gasteiger partial charge in [-0.05, 0) is 31.2 Å². The zero-order valence-corrected chi connectivity index (χ0v) is 14.5. The predicted octanol–water partition coefficient (Wildman–Crippen LogP) is 0.540. The Morgan fingerprint density at radius 1 is 1.33 bits per heavy atom. The smallest absolute Gasteiger partial charge is 0.231 e. The van der Waals surface area contributed by atoms with Gasteiger partial charge in [-0.2, -0.15) is 0 Å². The van der Waals surface area contributed by atoms with E-state index >= 15 is 0 Å². The van der Waals surface area contributed by atoms with Crippen molar-refractivity contribution < 1.29 is 22.7 Å². The standard InChI is InChI=1S/C16H22N2O5S/c1-18(13-5-7-24(20,21)10-13)6-4-16(19)17-9-12-2-3-14-15(8-12)23-11-22-14/h2-3,8,13H,4-7,9-11H2,1H3,(H,17,19). The molecule has 1 unspecified atom stereocenters. The molecule has 1 amide bonds. The van der Waals surface area contributed by atoms with E-state index in [9.17, 15) is 13.2 Å². The maximum Gasteiger partial charge on any atom is 0.231 e. The summed E-state index contributed by atoms with van der Waals surface area (Å²) in [4.78, 5) is 13.9. The van der Waals surface area contributed by atoms with Gasteiger partial charge in [-0.25, -0.2) is 8.42 Å². The normalized spacial score (nSPS) is 21.2. The van der Waals surface area contributed by atoms with Gasteiger partial charge in [0.25, 0.3) is 0 Å². The number of amides is 1. The lowest BCUT2D eigenvalue weighted by Crippen LogP contribution is -2.36. The SMILES string of the molecule is CN(CCC(=O)NCc1ccc2c(c1)OCO2)C1CCS(=O)(=O)C1. The van der Waals surface area contributed by atoms with E-state index in [1.54, 1.807) is 0 Å². The number of carbonyl (C=O) groups excluding carboxylic acids is 1. The Hall–Kier alpha value is -1.80. The van der Waals surface area contributed by atoms with Crippen LogP contribution in [0.1, 0.15) is 18.4 Å². The molecule has 1 aromatic rings. The van der Waals surface area contributed by atoms with Gasteiger partial charge in [-0.1, -0.05) is 6.07 Å². The van der Waals surface area contributed by atoms with Gasteiger partial charge in [0.15, 0.2) is 21.3 Å². The number of rotatable bonds is 6. The minimum Gasteiger partial charge on any atom is -0.454 e. The van der Waals surface area contributed by atoms with E-state index in [0.717, 1.165) is 11.3 Å². The van der Waals surface area contributed by atoms with Gasteiger partial charge in [0.05, 0.1) is 11.5 Å². The first kappa shape index (κ1) is 17.0. The van der Waals surface area contributed by atoms with Crippen LogP contribution in [0.2, 0.25) is 0 Å². The number of sulfone groups is 1. The largest absolute Gasteiger partial charge is 0.454 e. The molecule has 1 atom stereocenters. The van der Waals surface area contributed by atoms with Crippen LogP contribution in [-0.4, -0.2) is 57.2 Å². The van der Waals surface area contributed by atoms with E-state index in [1.165, 1.54) is 0 Å². The fourth-order valence-corrected chi connectivity index (χ4v) is 4.73. The van der Waals surface area contributed by atoms with Crippen molar-refractivity contribution in [1.29, 1.82) is 0 Å². The molecule has 1 saturated heterocycles. The fraction of sp³-hybridized carbons (Fsp3) is 0.562. The number of fused-ring (bicyclic) bond motifs is 1. The van der Waals surface area contributed by atoms with Crippen LogP contribution >= 0.6 is 0 Å². The second-order valence-electron chi connectivity index (χ2n) is 6.25. The lowest BCUT2D eigenvalue weighted by Gasteiger charge is -2.22. The summed E-state index contributed by atoms with van der Waals surface area (Å²) in [5.74, 6) is 1.81. The minimum absolute atomic E-state index is 0.0247. The van der Waals surface area contributed by atoms with Crippen molar-refractivity contribution in [3.63, 3.8) is 0 Å². The first-order valence-corrected chi connectivity index (χ1v) is 9.81. The highest BCUT2D eigenvalue weighted by atomic mass is 32.2. The van der Waals surface area contributed by atoms with Crippen molar-refractivity contribution >= 4 is 15.7 Å². The zero-order chi connectivity index (χ0) is 17.2. The summed E-state index contributed by atoms with van der Waals surface area (Å²) in [5.41, 5.74) is 0.947. The Labute approximate surface area is 141 Å². The number of ether oxygens (including phenoxy) is 2. The Morgan fingerprint density at radius 3 is 2.88 bits per heavy atom. The van der Waals surface area contributed by atoms with Crippen LogP contribution in [0.3, 0.4) is 0 Å². The van der Waals surface area contributed by atoms with E-state index in [4.69, 9.17) is 9.47 Å². The Kier molecular flexibility index (Phi) is 4.96. The number of nitrogens with one attached hydrogen (secondary N) is 1. The molecule has 2 aliphatic rings. The highest BCUT2D eigenvalue weighted by Crippen LogP contribution is 2.32. The lowest BCUT2D eigenvalue weighted by atomic mass is 10.2. The number of carbonyl (C=O) groups is 1. The molecule has 0 bridgehead atoms. The van der Waals surface area contributed by atoms with Crippen molar-refractivity contribution in [2.75, 3.05) is 31.9 Å². The Morgan fingerprint density at radius 2 is 2.12 bits per heavy atom. The third kappa shape index (κ3) is 4.18. The molecule has 1 fully saturated rings. The Bertz CT molecular complexity index is 719. The first-order valence-electron chi connectivity index (χ1n) is 7.99. The molecule has 3 rings (SSSR count). The Balaban J connectivity index is 1.41. The van der Waals surface area contributed by atoms with E-state index in [-0.39, 0.29) is 30.2 Å². The molecule has 8 heteroatoms. The van der Waals surface area contributed by atoms with Crippen LogP contribution in [0.25, 0.3) is 0 Å². The van der Waals surface area contributed by atoms with Gasteiger partial charge in [-0.3, -0.25) is 4.79 Å². The third-order valence-electron chi connectivity index (χ3n) is 4.45. The molecule has 0 aliphatic carbocycles. The van der Waals surface area contributed by atoms with E-state index in [2.05, 4.69) is 5.32 Å². The van der Waals surface area contributed by atoms with Crippen molar-refractivity contribution in [1.82, 2.24) is 10.2 Å². The van der Waals surface area contributed by atoms with Crippen molar-refractivity contribution in [2.24, 2.45) is 0 Å².